The van der Waals surface area contributed by atoms with Gasteiger partial charge in [-0.25, -0.2) is 9.69 Å². The number of methoxy groups -OCH3 is 1. The van der Waals surface area contributed by atoms with Crippen LogP contribution in [-0.2, 0) is 28.1 Å². The zero-order valence-electron chi connectivity index (χ0n) is 17.1. The highest BCUT2D eigenvalue weighted by atomic mass is 16.5. The van der Waals surface area contributed by atoms with Gasteiger partial charge < -0.3 is 15.4 Å². The minimum Gasteiger partial charge on any atom is -0.497 e. The van der Waals surface area contributed by atoms with Gasteiger partial charge in [0, 0.05) is 6.54 Å². The molecule has 2 aromatic carbocycles. The minimum atomic E-state index is -1.12. The maximum Gasteiger partial charge on any atom is 0.326 e. The maximum absolute atomic E-state index is 13.5. The Hall–Kier alpha value is -3.35. The molecule has 4 rings (SSSR count). The summed E-state index contributed by atoms with van der Waals surface area (Å²) >= 11 is 0. The first-order valence-electron chi connectivity index (χ1n) is 10.1. The third-order valence-corrected chi connectivity index (χ3v) is 5.97. The van der Waals surface area contributed by atoms with E-state index in [0.29, 0.717) is 18.7 Å². The van der Waals surface area contributed by atoms with Crippen LogP contribution in [0.25, 0.3) is 0 Å². The molecule has 1 aliphatic heterocycles. The van der Waals surface area contributed by atoms with E-state index in [-0.39, 0.29) is 11.8 Å². The van der Waals surface area contributed by atoms with E-state index in [1.54, 1.807) is 20.1 Å². The van der Waals surface area contributed by atoms with Gasteiger partial charge in [0.15, 0.2) is 0 Å². The van der Waals surface area contributed by atoms with Crippen LogP contribution < -0.4 is 15.4 Å². The fraction of sp³-hybridized carbons (Fsp3) is 0.348. The average molecular weight is 407 g/mol. The van der Waals surface area contributed by atoms with E-state index in [9.17, 15) is 14.4 Å². The van der Waals surface area contributed by atoms with Crippen molar-refractivity contribution >= 4 is 17.8 Å². The Morgan fingerprint density at radius 1 is 1.23 bits per heavy atom. The van der Waals surface area contributed by atoms with Crippen LogP contribution in [0.5, 0.6) is 5.75 Å². The first kappa shape index (κ1) is 19.9. The molecule has 1 aliphatic carbocycles. The van der Waals surface area contributed by atoms with E-state index in [0.717, 1.165) is 34.4 Å². The molecule has 1 fully saturated rings. The fourth-order valence-electron chi connectivity index (χ4n) is 4.35. The van der Waals surface area contributed by atoms with Crippen LogP contribution in [0, 0.1) is 0 Å². The van der Waals surface area contributed by atoms with Crippen LogP contribution >= 0.6 is 0 Å². The Morgan fingerprint density at radius 3 is 2.73 bits per heavy atom. The lowest BCUT2D eigenvalue weighted by atomic mass is 9.76. The standard InChI is InChI=1S/C23H25N3O4/c1-15(20(27)24-14-16-7-4-3-5-8-16)26-21(28)23(25-22(26)29)12-6-9-17-13-18(30-2)10-11-19(17)23/h3-5,7-8,10-11,13,15H,6,9,12,14H2,1-2H3,(H,24,27)(H,25,29)/t15-,23-/m1/s1. The highest BCUT2D eigenvalue weighted by Crippen LogP contribution is 2.41. The van der Waals surface area contributed by atoms with Crippen molar-refractivity contribution in [3.05, 3.63) is 65.2 Å². The van der Waals surface area contributed by atoms with Crippen molar-refractivity contribution in [3.8, 4) is 5.75 Å². The topological polar surface area (TPSA) is 87.7 Å². The van der Waals surface area contributed by atoms with Crippen LogP contribution in [0.15, 0.2) is 48.5 Å². The van der Waals surface area contributed by atoms with E-state index in [2.05, 4.69) is 10.6 Å². The highest BCUT2D eigenvalue weighted by molar-refractivity contribution is 6.10. The van der Waals surface area contributed by atoms with Gasteiger partial charge in [0.2, 0.25) is 5.91 Å². The molecule has 7 nitrogen and oxygen atoms in total. The van der Waals surface area contributed by atoms with Crippen LogP contribution in [0.3, 0.4) is 0 Å². The molecule has 0 radical (unpaired) electrons. The van der Waals surface area contributed by atoms with Crippen molar-refractivity contribution in [2.45, 2.75) is 44.3 Å². The quantitative estimate of drug-likeness (QED) is 0.746. The lowest BCUT2D eigenvalue weighted by Gasteiger charge is -2.34. The number of hydrogen-bond donors (Lipinski definition) is 2. The summed E-state index contributed by atoms with van der Waals surface area (Å²) in [6.45, 7) is 1.91. The highest BCUT2D eigenvalue weighted by Gasteiger charge is 2.56. The molecule has 30 heavy (non-hydrogen) atoms. The third-order valence-electron chi connectivity index (χ3n) is 5.97. The van der Waals surface area contributed by atoms with Crippen LogP contribution in [-0.4, -0.2) is 35.9 Å². The molecule has 7 heteroatoms. The summed E-state index contributed by atoms with van der Waals surface area (Å²) in [5.74, 6) is -0.0285. The van der Waals surface area contributed by atoms with Gasteiger partial charge in [0.1, 0.15) is 17.3 Å². The Balaban J connectivity index is 1.55. The van der Waals surface area contributed by atoms with Gasteiger partial charge in [-0.05, 0) is 55.0 Å². The van der Waals surface area contributed by atoms with Gasteiger partial charge in [-0.3, -0.25) is 9.59 Å². The Labute approximate surface area is 175 Å². The number of nitrogens with one attached hydrogen (secondary N) is 2. The molecule has 2 aromatic rings. The molecule has 4 amide bonds. The lowest BCUT2D eigenvalue weighted by Crippen LogP contribution is -2.50. The summed E-state index contributed by atoms with van der Waals surface area (Å²) in [5, 5.41) is 5.70. The predicted octanol–water partition coefficient (Wildman–Crippen LogP) is 2.48. The molecule has 1 saturated heterocycles. The number of carbonyl (C=O) groups excluding carboxylic acids is 3. The van der Waals surface area contributed by atoms with E-state index in [4.69, 9.17) is 4.74 Å². The number of aryl methyl sites for hydroxylation is 1. The molecule has 1 heterocycles. The van der Waals surface area contributed by atoms with Crippen LogP contribution in [0.2, 0.25) is 0 Å². The first-order valence-corrected chi connectivity index (χ1v) is 10.1. The Kier molecular flexibility index (Phi) is 5.20. The number of ether oxygens (including phenoxy) is 1. The number of carbonyl (C=O) groups is 3. The van der Waals surface area contributed by atoms with Crippen molar-refractivity contribution in [1.82, 2.24) is 15.5 Å². The Morgan fingerprint density at radius 2 is 2.00 bits per heavy atom. The smallest absolute Gasteiger partial charge is 0.326 e. The second-order valence-corrected chi connectivity index (χ2v) is 7.77. The zero-order valence-corrected chi connectivity index (χ0v) is 17.1. The number of rotatable bonds is 5. The summed E-state index contributed by atoms with van der Waals surface area (Å²) in [4.78, 5) is 40.0. The fourth-order valence-corrected chi connectivity index (χ4v) is 4.35. The van der Waals surface area contributed by atoms with Crippen molar-refractivity contribution < 1.29 is 19.1 Å². The van der Waals surface area contributed by atoms with Gasteiger partial charge in [-0.1, -0.05) is 36.4 Å². The van der Waals surface area contributed by atoms with Gasteiger partial charge in [0.25, 0.3) is 5.91 Å². The predicted molar refractivity (Wildman–Crippen MR) is 111 cm³/mol. The summed E-state index contributed by atoms with van der Waals surface area (Å²) in [5.41, 5.74) is 1.59. The second kappa shape index (κ2) is 7.82. The minimum absolute atomic E-state index is 0.335. The summed E-state index contributed by atoms with van der Waals surface area (Å²) in [6.07, 6.45) is 2.07. The molecule has 2 aliphatic rings. The number of urea groups is 1. The number of amides is 4. The summed E-state index contributed by atoms with van der Waals surface area (Å²) < 4.78 is 5.30. The largest absolute Gasteiger partial charge is 0.497 e. The van der Waals surface area contributed by atoms with Crippen LogP contribution in [0.4, 0.5) is 4.79 Å². The average Bonchev–Trinajstić information content (AvgIpc) is 3.01. The van der Waals surface area contributed by atoms with Gasteiger partial charge in [-0.15, -0.1) is 0 Å². The molecule has 2 N–H and O–H groups in total. The van der Waals surface area contributed by atoms with Crippen molar-refractivity contribution in [2.75, 3.05) is 7.11 Å². The SMILES string of the molecule is COc1ccc2c(c1)CCC[C@@]21NC(=O)N([C@H](C)C(=O)NCc2ccccc2)C1=O. The zero-order chi connectivity index (χ0) is 21.3. The number of benzene rings is 2. The maximum atomic E-state index is 13.5. The Bertz CT molecular complexity index is 991. The lowest BCUT2D eigenvalue weighted by molar-refractivity contribution is -0.138. The van der Waals surface area contributed by atoms with Gasteiger partial charge in [0.05, 0.1) is 7.11 Å². The van der Waals surface area contributed by atoms with E-state index < -0.39 is 17.6 Å². The third kappa shape index (κ3) is 3.30. The number of imide groups is 1. The van der Waals surface area contributed by atoms with Gasteiger partial charge >= 0.3 is 6.03 Å². The molecule has 2 atom stereocenters. The van der Waals surface area contributed by atoms with E-state index >= 15 is 0 Å². The van der Waals surface area contributed by atoms with Crippen LogP contribution in [0.1, 0.15) is 36.5 Å². The molecule has 0 aromatic heterocycles. The molecular weight excluding hydrogens is 382 g/mol. The second-order valence-electron chi connectivity index (χ2n) is 7.77. The van der Waals surface area contributed by atoms with E-state index in [1.807, 2.05) is 42.5 Å². The monoisotopic (exact) mass is 407 g/mol. The first-order chi connectivity index (χ1) is 14.5. The molecule has 156 valence electrons. The van der Waals surface area contributed by atoms with Gasteiger partial charge in [-0.2, -0.15) is 0 Å². The van der Waals surface area contributed by atoms with Crippen molar-refractivity contribution in [1.29, 1.82) is 0 Å². The van der Waals surface area contributed by atoms with Crippen molar-refractivity contribution in [3.63, 3.8) is 0 Å². The molecule has 0 bridgehead atoms. The number of nitrogens with zero attached hydrogens (tertiary/aromatic N) is 1. The molecule has 0 saturated carbocycles. The van der Waals surface area contributed by atoms with Crippen molar-refractivity contribution in [2.24, 2.45) is 0 Å². The number of fused-ring (bicyclic) bond motifs is 2. The molecular formula is C23H25N3O4. The van der Waals surface area contributed by atoms with E-state index in [1.165, 1.54) is 0 Å². The molecule has 1 spiro atoms. The summed E-state index contributed by atoms with van der Waals surface area (Å²) in [7, 11) is 1.60. The molecule has 0 unspecified atom stereocenters. The normalized spacial score (nSPS) is 21.2. The summed E-state index contributed by atoms with van der Waals surface area (Å²) in [6, 6.07) is 13.6. The number of hydrogen-bond acceptors (Lipinski definition) is 4.